The van der Waals surface area contributed by atoms with Crippen molar-refractivity contribution in [2.45, 2.75) is 13.3 Å². The molecule has 0 atom stereocenters. The Balaban J connectivity index is 2.44. The highest BCUT2D eigenvalue weighted by molar-refractivity contribution is 6.44. The van der Waals surface area contributed by atoms with Crippen LogP contribution in [0.2, 0.25) is 0 Å². The van der Waals surface area contributed by atoms with Crippen molar-refractivity contribution < 1.29 is 14.7 Å². The number of hydrogen-bond donors (Lipinski definition) is 2. The predicted molar refractivity (Wildman–Crippen MR) is 63.4 cm³/mol. The predicted octanol–water partition coefficient (Wildman–Crippen LogP) is 1.35. The van der Waals surface area contributed by atoms with E-state index in [-0.39, 0.29) is 11.3 Å². The normalized spacial score (nSPS) is 18.9. The number of Topliss-reactive ketones (excluding diaryl/α,β-unsaturated/α-hetero) is 1. The topological polar surface area (TPSA) is 66.4 Å². The van der Waals surface area contributed by atoms with E-state index in [0.717, 1.165) is 5.56 Å². The zero-order chi connectivity index (χ0) is 12.4. The number of piperidine rings is 1. The van der Waals surface area contributed by atoms with Gasteiger partial charge in [-0.25, -0.2) is 0 Å². The van der Waals surface area contributed by atoms with Gasteiger partial charge in [-0.05, 0) is 19.4 Å². The van der Waals surface area contributed by atoms with Crippen LogP contribution in [-0.2, 0) is 9.59 Å². The fourth-order valence-corrected chi connectivity index (χ4v) is 1.82. The molecule has 88 valence electrons. The SMILES string of the molecule is Cc1cccc(/C(O)=C2/CCNC(=O)C2=O)c1. The lowest BCUT2D eigenvalue weighted by molar-refractivity contribution is -0.136. The van der Waals surface area contributed by atoms with Crippen molar-refractivity contribution >= 4 is 17.4 Å². The van der Waals surface area contributed by atoms with Gasteiger partial charge in [0.1, 0.15) is 5.76 Å². The van der Waals surface area contributed by atoms with Gasteiger partial charge in [-0.15, -0.1) is 0 Å². The number of hydrogen-bond acceptors (Lipinski definition) is 3. The number of rotatable bonds is 1. The largest absolute Gasteiger partial charge is 0.507 e. The van der Waals surface area contributed by atoms with Gasteiger partial charge < -0.3 is 10.4 Å². The third kappa shape index (κ3) is 2.20. The van der Waals surface area contributed by atoms with Crippen molar-refractivity contribution in [2.24, 2.45) is 0 Å². The van der Waals surface area contributed by atoms with Crippen LogP contribution in [0.15, 0.2) is 29.8 Å². The number of carbonyl (C=O) groups excluding carboxylic acids is 2. The molecule has 1 aromatic rings. The molecular formula is C13H13NO3. The Bertz CT molecular complexity index is 517. The molecule has 0 saturated carbocycles. The van der Waals surface area contributed by atoms with Crippen molar-refractivity contribution in [3.8, 4) is 0 Å². The minimum atomic E-state index is -0.648. The molecule has 0 aliphatic carbocycles. The molecule has 0 radical (unpaired) electrons. The molecular weight excluding hydrogens is 218 g/mol. The lowest BCUT2D eigenvalue weighted by Gasteiger charge is -2.15. The molecule has 0 aromatic heterocycles. The molecule has 4 nitrogen and oxygen atoms in total. The van der Waals surface area contributed by atoms with Crippen LogP contribution in [0.4, 0.5) is 0 Å². The summed E-state index contributed by atoms with van der Waals surface area (Å²) in [5, 5.41) is 12.5. The van der Waals surface area contributed by atoms with Gasteiger partial charge in [-0.1, -0.05) is 23.8 Å². The van der Waals surface area contributed by atoms with Crippen LogP contribution >= 0.6 is 0 Å². The fraction of sp³-hybridized carbons (Fsp3) is 0.231. The Hall–Kier alpha value is -2.10. The molecule has 1 heterocycles. The lowest BCUT2D eigenvalue weighted by Crippen LogP contribution is -2.38. The monoisotopic (exact) mass is 231 g/mol. The first-order valence-electron chi connectivity index (χ1n) is 5.41. The standard InChI is InChI=1S/C13H13NO3/c1-8-3-2-4-9(7-8)11(15)10-5-6-14-13(17)12(10)16/h2-4,7,15H,5-6H2,1H3,(H,14,17)/b11-10+. The van der Waals surface area contributed by atoms with Crippen molar-refractivity contribution in [1.29, 1.82) is 0 Å². The smallest absolute Gasteiger partial charge is 0.292 e. The van der Waals surface area contributed by atoms with E-state index in [9.17, 15) is 14.7 Å². The number of aliphatic hydroxyl groups is 1. The molecule has 2 rings (SSSR count). The molecule has 1 aromatic carbocycles. The van der Waals surface area contributed by atoms with Crippen LogP contribution in [-0.4, -0.2) is 23.3 Å². The van der Waals surface area contributed by atoms with E-state index in [2.05, 4.69) is 5.32 Å². The first-order chi connectivity index (χ1) is 8.09. The maximum atomic E-state index is 11.6. The second kappa shape index (κ2) is 4.41. The molecule has 1 saturated heterocycles. The number of ketones is 1. The van der Waals surface area contributed by atoms with Gasteiger partial charge >= 0.3 is 0 Å². The van der Waals surface area contributed by atoms with Crippen LogP contribution in [0.5, 0.6) is 0 Å². The van der Waals surface area contributed by atoms with Gasteiger partial charge in [0.05, 0.1) is 0 Å². The van der Waals surface area contributed by atoms with E-state index in [1.54, 1.807) is 18.2 Å². The van der Waals surface area contributed by atoms with Crippen molar-refractivity contribution in [3.63, 3.8) is 0 Å². The van der Waals surface area contributed by atoms with Gasteiger partial charge in [0.25, 0.3) is 5.91 Å². The third-order valence-corrected chi connectivity index (χ3v) is 2.72. The Morgan fingerprint density at radius 3 is 2.82 bits per heavy atom. The Morgan fingerprint density at radius 2 is 2.12 bits per heavy atom. The van der Waals surface area contributed by atoms with E-state index in [1.807, 2.05) is 13.0 Å². The van der Waals surface area contributed by atoms with E-state index < -0.39 is 11.7 Å². The summed E-state index contributed by atoms with van der Waals surface area (Å²) in [4.78, 5) is 22.8. The summed E-state index contributed by atoms with van der Waals surface area (Å²) in [6, 6.07) is 7.20. The second-order valence-electron chi connectivity index (χ2n) is 4.03. The van der Waals surface area contributed by atoms with Crippen molar-refractivity contribution in [1.82, 2.24) is 5.32 Å². The number of nitrogens with one attached hydrogen (secondary N) is 1. The summed E-state index contributed by atoms with van der Waals surface area (Å²) in [6.45, 7) is 2.28. The highest BCUT2D eigenvalue weighted by Crippen LogP contribution is 2.21. The summed E-state index contributed by atoms with van der Waals surface area (Å²) in [5.74, 6) is -1.38. The molecule has 4 heteroatoms. The molecule has 0 bridgehead atoms. The zero-order valence-electron chi connectivity index (χ0n) is 9.49. The van der Waals surface area contributed by atoms with Gasteiger partial charge in [-0.3, -0.25) is 9.59 Å². The first kappa shape index (κ1) is 11.4. The summed E-state index contributed by atoms with van der Waals surface area (Å²) in [7, 11) is 0. The lowest BCUT2D eigenvalue weighted by atomic mass is 9.98. The van der Waals surface area contributed by atoms with Crippen LogP contribution in [0, 0.1) is 6.92 Å². The van der Waals surface area contributed by atoms with Gasteiger partial charge in [0.2, 0.25) is 5.78 Å². The van der Waals surface area contributed by atoms with Crippen LogP contribution in [0.25, 0.3) is 5.76 Å². The molecule has 0 unspecified atom stereocenters. The Kier molecular flexibility index (Phi) is 2.95. The quantitative estimate of drug-likeness (QED) is 0.435. The molecule has 1 aliphatic rings. The summed E-state index contributed by atoms with van der Waals surface area (Å²) < 4.78 is 0. The first-order valence-corrected chi connectivity index (χ1v) is 5.41. The molecule has 1 aliphatic heterocycles. The average molecular weight is 231 g/mol. The van der Waals surface area contributed by atoms with Crippen molar-refractivity contribution in [3.05, 3.63) is 41.0 Å². The highest BCUT2D eigenvalue weighted by atomic mass is 16.3. The highest BCUT2D eigenvalue weighted by Gasteiger charge is 2.26. The zero-order valence-corrected chi connectivity index (χ0v) is 9.49. The van der Waals surface area contributed by atoms with Crippen LogP contribution < -0.4 is 5.32 Å². The molecule has 0 spiro atoms. The van der Waals surface area contributed by atoms with E-state index in [4.69, 9.17) is 0 Å². The average Bonchev–Trinajstić information content (AvgIpc) is 2.32. The third-order valence-electron chi connectivity index (χ3n) is 2.72. The number of amides is 1. The molecule has 2 N–H and O–H groups in total. The Morgan fingerprint density at radius 1 is 1.35 bits per heavy atom. The van der Waals surface area contributed by atoms with E-state index in [1.165, 1.54) is 0 Å². The van der Waals surface area contributed by atoms with Gasteiger partial charge in [0, 0.05) is 17.7 Å². The minimum absolute atomic E-state index is 0.0893. The number of carbonyl (C=O) groups is 2. The van der Waals surface area contributed by atoms with E-state index in [0.29, 0.717) is 18.5 Å². The fourth-order valence-electron chi connectivity index (χ4n) is 1.82. The Labute approximate surface area is 99.0 Å². The van der Waals surface area contributed by atoms with Gasteiger partial charge in [0.15, 0.2) is 0 Å². The molecule has 1 fully saturated rings. The minimum Gasteiger partial charge on any atom is -0.507 e. The van der Waals surface area contributed by atoms with E-state index >= 15 is 0 Å². The molecule has 1 amide bonds. The second-order valence-corrected chi connectivity index (χ2v) is 4.03. The number of aliphatic hydroxyl groups excluding tert-OH is 1. The number of aryl methyl sites for hydroxylation is 1. The van der Waals surface area contributed by atoms with Crippen LogP contribution in [0.1, 0.15) is 17.5 Å². The summed E-state index contributed by atoms with van der Waals surface area (Å²) in [6.07, 6.45) is 0.365. The van der Waals surface area contributed by atoms with Gasteiger partial charge in [-0.2, -0.15) is 0 Å². The maximum absolute atomic E-state index is 11.6. The number of benzene rings is 1. The summed E-state index contributed by atoms with van der Waals surface area (Å²) >= 11 is 0. The van der Waals surface area contributed by atoms with Crippen molar-refractivity contribution in [2.75, 3.05) is 6.54 Å². The maximum Gasteiger partial charge on any atom is 0.292 e. The van der Waals surface area contributed by atoms with Crippen LogP contribution in [0.3, 0.4) is 0 Å². The summed E-state index contributed by atoms with van der Waals surface area (Å²) in [5.41, 5.74) is 1.75. The molecule has 17 heavy (non-hydrogen) atoms.